The van der Waals surface area contributed by atoms with E-state index >= 15 is 0 Å². The summed E-state index contributed by atoms with van der Waals surface area (Å²) in [6.07, 6.45) is 2.17. The van der Waals surface area contributed by atoms with E-state index in [1.165, 1.54) is 18.2 Å². The summed E-state index contributed by atoms with van der Waals surface area (Å²) in [5.74, 6) is -0.205. The molecule has 0 aliphatic carbocycles. The van der Waals surface area contributed by atoms with Crippen LogP contribution in [-0.4, -0.2) is 54.5 Å². The Morgan fingerprint density at radius 1 is 1.00 bits per heavy atom. The number of urea groups is 1. The molecule has 2 atom stereocenters. The molecule has 2 aliphatic heterocycles. The number of likely N-dealkylation sites (N-methyl/N-ethyl adjacent to an activating group) is 1. The Kier molecular flexibility index (Phi) is 5.49. The Hall–Kier alpha value is -2.93. The summed E-state index contributed by atoms with van der Waals surface area (Å²) in [7, 11) is 2.09. The summed E-state index contributed by atoms with van der Waals surface area (Å²) in [5, 5.41) is 5.60. The van der Waals surface area contributed by atoms with Crippen LogP contribution >= 0.6 is 0 Å². The zero-order valence-corrected chi connectivity index (χ0v) is 16.4. The van der Waals surface area contributed by atoms with E-state index in [-0.39, 0.29) is 18.0 Å². The van der Waals surface area contributed by atoms with Gasteiger partial charge in [-0.25, -0.2) is 9.18 Å². The van der Waals surface area contributed by atoms with Gasteiger partial charge in [0.1, 0.15) is 5.82 Å². The SMILES string of the molecule is CN1CC[C@@H]2CCN(C(=O)Nc3cccc(C(=O)Nc4cccc(F)c4)c3)[C@H]2C1. The Bertz CT molecular complexity index is 919. The zero-order valence-electron chi connectivity index (χ0n) is 16.4. The third-order valence-electron chi connectivity index (χ3n) is 5.78. The lowest BCUT2D eigenvalue weighted by molar-refractivity contribution is 0.102. The molecule has 2 N–H and O–H groups in total. The first-order valence-corrected chi connectivity index (χ1v) is 9.93. The van der Waals surface area contributed by atoms with E-state index in [1.54, 1.807) is 30.3 Å². The van der Waals surface area contributed by atoms with Gasteiger partial charge in [-0.15, -0.1) is 0 Å². The molecule has 0 aromatic heterocycles. The van der Waals surface area contributed by atoms with Crippen LogP contribution in [0.15, 0.2) is 48.5 Å². The molecule has 2 aromatic rings. The summed E-state index contributed by atoms with van der Waals surface area (Å²) < 4.78 is 13.3. The van der Waals surface area contributed by atoms with E-state index in [1.807, 2.05) is 4.90 Å². The van der Waals surface area contributed by atoms with E-state index < -0.39 is 5.82 Å². The van der Waals surface area contributed by atoms with Crippen LogP contribution in [0, 0.1) is 11.7 Å². The minimum Gasteiger partial charge on any atom is -0.322 e. The Morgan fingerprint density at radius 2 is 1.72 bits per heavy atom. The summed E-state index contributed by atoms with van der Waals surface area (Å²) in [6.45, 7) is 2.74. The number of nitrogens with one attached hydrogen (secondary N) is 2. The van der Waals surface area contributed by atoms with Crippen molar-refractivity contribution in [2.45, 2.75) is 18.9 Å². The molecular weight excluding hydrogens is 371 g/mol. The number of nitrogens with zero attached hydrogens (tertiary/aromatic N) is 2. The highest BCUT2D eigenvalue weighted by molar-refractivity contribution is 6.05. The largest absolute Gasteiger partial charge is 0.322 e. The van der Waals surface area contributed by atoms with Crippen LogP contribution in [0.4, 0.5) is 20.6 Å². The van der Waals surface area contributed by atoms with Gasteiger partial charge in [0, 0.05) is 36.1 Å². The van der Waals surface area contributed by atoms with Gasteiger partial charge in [-0.1, -0.05) is 12.1 Å². The molecule has 2 heterocycles. The van der Waals surface area contributed by atoms with Gasteiger partial charge in [-0.2, -0.15) is 0 Å². The van der Waals surface area contributed by atoms with E-state index in [9.17, 15) is 14.0 Å². The van der Waals surface area contributed by atoms with E-state index in [4.69, 9.17) is 0 Å². The maximum atomic E-state index is 13.3. The molecule has 0 spiro atoms. The van der Waals surface area contributed by atoms with E-state index in [0.29, 0.717) is 22.9 Å². The van der Waals surface area contributed by atoms with E-state index in [0.717, 1.165) is 32.5 Å². The number of fused-ring (bicyclic) bond motifs is 1. The molecule has 2 saturated heterocycles. The maximum absolute atomic E-state index is 13.3. The lowest BCUT2D eigenvalue weighted by atomic mass is 9.92. The molecule has 29 heavy (non-hydrogen) atoms. The number of hydrogen-bond donors (Lipinski definition) is 2. The quantitative estimate of drug-likeness (QED) is 0.833. The number of piperidine rings is 1. The van der Waals surface area contributed by atoms with Crippen molar-refractivity contribution in [1.82, 2.24) is 9.80 Å². The molecule has 152 valence electrons. The molecule has 0 unspecified atom stereocenters. The second-order valence-electron chi connectivity index (χ2n) is 7.84. The van der Waals surface area contributed by atoms with Crippen molar-refractivity contribution in [1.29, 1.82) is 0 Å². The van der Waals surface area contributed by atoms with Crippen molar-refractivity contribution in [3.05, 3.63) is 59.9 Å². The van der Waals surface area contributed by atoms with Gasteiger partial charge in [0.25, 0.3) is 5.91 Å². The van der Waals surface area contributed by atoms with Gasteiger partial charge in [0.15, 0.2) is 0 Å². The Morgan fingerprint density at radius 3 is 2.52 bits per heavy atom. The number of hydrogen-bond acceptors (Lipinski definition) is 3. The van der Waals surface area contributed by atoms with Crippen molar-refractivity contribution in [2.24, 2.45) is 5.92 Å². The second kappa shape index (κ2) is 8.21. The van der Waals surface area contributed by atoms with Crippen molar-refractivity contribution in [2.75, 3.05) is 37.3 Å². The number of rotatable bonds is 3. The molecular formula is C22H25FN4O2. The zero-order chi connectivity index (χ0) is 20.4. The molecule has 2 aromatic carbocycles. The van der Waals surface area contributed by atoms with Crippen LogP contribution < -0.4 is 10.6 Å². The highest BCUT2D eigenvalue weighted by Gasteiger charge is 2.39. The molecule has 0 bridgehead atoms. The molecule has 2 aliphatic rings. The van der Waals surface area contributed by atoms with Gasteiger partial charge in [0.2, 0.25) is 0 Å². The first-order chi connectivity index (χ1) is 14.0. The fourth-order valence-electron chi connectivity index (χ4n) is 4.25. The van der Waals surface area contributed by atoms with Crippen LogP contribution in [0.5, 0.6) is 0 Å². The lowest BCUT2D eigenvalue weighted by Gasteiger charge is -2.36. The fourth-order valence-corrected chi connectivity index (χ4v) is 4.25. The van der Waals surface area contributed by atoms with Gasteiger partial charge in [0.05, 0.1) is 0 Å². The smallest absolute Gasteiger partial charge is 0.322 e. The summed E-state index contributed by atoms with van der Waals surface area (Å²) >= 11 is 0. The maximum Gasteiger partial charge on any atom is 0.322 e. The average Bonchev–Trinajstić information content (AvgIpc) is 3.11. The number of anilines is 2. The lowest BCUT2D eigenvalue weighted by Crippen LogP contribution is -2.49. The normalized spacial score (nSPS) is 21.5. The van der Waals surface area contributed by atoms with Gasteiger partial charge in [-0.3, -0.25) is 4.79 Å². The Balaban J connectivity index is 1.42. The van der Waals surface area contributed by atoms with Crippen LogP contribution in [0.3, 0.4) is 0 Å². The van der Waals surface area contributed by atoms with Gasteiger partial charge >= 0.3 is 6.03 Å². The number of likely N-dealkylation sites (tertiary alicyclic amines) is 2. The molecule has 3 amide bonds. The van der Waals surface area contributed by atoms with Crippen molar-refractivity contribution < 1.29 is 14.0 Å². The third-order valence-corrected chi connectivity index (χ3v) is 5.78. The van der Waals surface area contributed by atoms with Gasteiger partial charge < -0.3 is 20.4 Å². The number of amides is 3. The molecule has 0 radical (unpaired) electrons. The van der Waals surface area contributed by atoms with Crippen LogP contribution in [0.25, 0.3) is 0 Å². The summed E-state index contributed by atoms with van der Waals surface area (Å²) in [5.41, 5.74) is 1.34. The summed E-state index contributed by atoms with van der Waals surface area (Å²) in [4.78, 5) is 29.5. The highest BCUT2D eigenvalue weighted by atomic mass is 19.1. The highest BCUT2D eigenvalue weighted by Crippen LogP contribution is 2.31. The monoisotopic (exact) mass is 396 g/mol. The number of carbonyl (C=O) groups is 2. The van der Waals surface area contributed by atoms with Crippen LogP contribution in [-0.2, 0) is 0 Å². The summed E-state index contributed by atoms with van der Waals surface area (Å²) in [6, 6.07) is 12.6. The molecule has 2 fully saturated rings. The number of carbonyl (C=O) groups excluding carboxylic acids is 2. The minimum atomic E-state index is -0.416. The first-order valence-electron chi connectivity index (χ1n) is 9.93. The predicted octanol–water partition coefficient (Wildman–Crippen LogP) is 3.64. The van der Waals surface area contributed by atoms with E-state index in [2.05, 4.69) is 22.6 Å². The van der Waals surface area contributed by atoms with Gasteiger partial charge in [-0.05, 0) is 68.8 Å². The van der Waals surface area contributed by atoms with Crippen molar-refractivity contribution in [3.8, 4) is 0 Å². The topological polar surface area (TPSA) is 64.7 Å². The van der Waals surface area contributed by atoms with Crippen LogP contribution in [0.1, 0.15) is 23.2 Å². The number of benzene rings is 2. The fraction of sp³-hybridized carbons (Fsp3) is 0.364. The number of halogens is 1. The second-order valence-corrected chi connectivity index (χ2v) is 7.84. The minimum absolute atomic E-state index is 0.129. The van der Waals surface area contributed by atoms with Crippen LogP contribution in [0.2, 0.25) is 0 Å². The average molecular weight is 396 g/mol. The standard InChI is InChI=1S/C22H25FN4O2/c1-26-10-8-15-9-11-27(20(15)14-26)22(29)25-18-6-2-4-16(12-18)21(28)24-19-7-3-5-17(23)13-19/h2-7,12-13,15,20H,8-11,14H2,1H3,(H,24,28)(H,25,29)/t15-,20+/m1/s1. The molecule has 6 nitrogen and oxygen atoms in total. The molecule has 7 heteroatoms. The molecule has 0 saturated carbocycles. The third kappa shape index (κ3) is 4.40. The van der Waals surface area contributed by atoms with Crippen molar-refractivity contribution in [3.63, 3.8) is 0 Å². The first kappa shape index (κ1) is 19.4. The van der Waals surface area contributed by atoms with Crippen molar-refractivity contribution >= 4 is 23.3 Å². The predicted molar refractivity (Wildman–Crippen MR) is 111 cm³/mol. The Labute approximate surface area is 169 Å². The molecule has 4 rings (SSSR count).